The summed E-state index contributed by atoms with van der Waals surface area (Å²) >= 11 is 3.58. The lowest BCUT2D eigenvalue weighted by Crippen LogP contribution is -2.24. The van der Waals surface area contributed by atoms with E-state index in [2.05, 4.69) is 22.9 Å². The Kier molecular flexibility index (Phi) is 15.9. The van der Waals surface area contributed by atoms with Crippen LogP contribution in [0.2, 0.25) is 0 Å². The first-order valence-electron chi connectivity index (χ1n) is 25.3. The predicted molar refractivity (Wildman–Crippen MR) is 286 cm³/mol. The third-order valence-electron chi connectivity index (χ3n) is 12.7. The van der Waals surface area contributed by atoms with Gasteiger partial charge in [0.05, 0.1) is 56.6 Å². The predicted octanol–water partition coefficient (Wildman–Crippen LogP) is 12.5. The van der Waals surface area contributed by atoms with E-state index in [0.29, 0.717) is 97.0 Å². The van der Waals surface area contributed by atoms with Crippen molar-refractivity contribution in [1.29, 1.82) is 0 Å². The Hall–Kier alpha value is -7.82. The SMILES string of the molecule is CC1CCCO1.COC(=O)C1=C(c2ccc(OC)c(Br)c2)c2cc(OC(C)C)ccc2O[C@@H]1c1ccc2c(c1)OCO2.[3H]c1cc(C2=C(C(=O)O)[C@@H](c3ccc4c(c3)OCO4)Oc3ccc(OC(C)C)cc32)ccc1OC. The Morgan fingerprint density at radius 3 is 1.61 bits per heavy atom. The Morgan fingerprint density at radius 2 is 1.14 bits per heavy atom. The van der Waals surface area contributed by atoms with Gasteiger partial charge in [0, 0.05) is 40.0 Å². The van der Waals surface area contributed by atoms with Crippen LogP contribution in [0, 0.1) is 0 Å². The number of aliphatic carboxylic acids is 1. The number of hydrogen-bond acceptors (Lipinski definition) is 14. The molecule has 0 aromatic heterocycles. The Morgan fingerprint density at radius 1 is 0.618 bits per heavy atom. The van der Waals surface area contributed by atoms with Gasteiger partial charge in [0.2, 0.25) is 13.6 Å². The highest BCUT2D eigenvalue weighted by Crippen LogP contribution is 2.50. The van der Waals surface area contributed by atoms with Crippen LogP contribution < -0.4 is 47.4 Å². The molecule has 5 aliphatic rings. The van der Waals surface area contributed by atoms with Crippen molar-refractivity contribution < 1.29 is 72.9 Å². The maximum atomic E-state index is 13.4. The van der Waals surface area contributed by atoms with Crippen LogP contribution in [0.15, 0.2) is 131 Å². The number of hydrogen-bond donors (Lipinski definition) is 1. The van der Waals surface area contributed by atoms with Crippen molar-refractivity contribution >= 4 is 39.0 Å². The summed E-state index contributed by atoms with van der Waals surface area (Å²) in [5.41, 5.74) is 5.53. The second-order valence-electron chi connectivity index (χ2n) is 18.6. The molecule has 0 bridgehead atoms. The third-order valence-corrected chi connectivity index (χ3v) is 13.3. The minimum atomic E-state index is -1.13. The first-order valence-corrected chi connectivity index (χ1v) is 25.6. The van der Waals surface area contributed by atoms with E-state index in [4.69, 9.17) is 58.2 Å². The molecule has 6 aromatic rings. The highest BCUT2D eigenvalue weighted by Gasteiger charge is 2.38. The fourth-order valence-corrected chi connectivity index (χ4v) is 9.81. The molecule has 0 amide bonds. The standard InChI is InChI=1S/C28H25BrO7.C27H24O7.C5H10O/c1-15(2)35-18-7-10-21-19(13-18)25(16-5-8-22(31-3)20(29)11-16)26(28(30)32-4)27(36-21)17-6-9-23-24(12-17)34-14-33-23;1-15(2)33-19-9-11-21-20(13-19)24(16-4-7-18(30-3)8-5-16)25(27(28)29)26(34-21)17-6-10-22-23(12-17)32-14-31-22;1-5-3-2-4-6-5/h5-13,15,27H,14H2,1-4H3;4-13,15,26H,14H2,1-3H3,(H,28,29);5H,2-4H2,1H3/t27-;26-;/m11./s1/i;7T;. The van der Waals surface area contributed by atoms with Crippen molar-refractivity contribution in [1.82, 2.24) is 0 Å². The molecule has 0 saturated carbocycles. The van der Waals surface area contributed by atoms with Crippen LogP contribution in [0.3, 0.4) is 0 Å². The molecule has 15 nitrogen and oxygen atoms in total. The zero-order valence-corrected chi connectivity index (χ0v) is 44.9. The number of ether oxygens (including phenoxy) is 12. The van der Waals surface area contributed by atoms with Crippen LogP contribution in [0.25, 0.3) is 11.1 Å². The van der Waals surface area contributed by atoms with Gasteiger partial charge in [-0.15, -0.1) is 0 Å². The van der Waals surface area contributed by atoms with E-state index in [1.165, 1.54) is 27.1 Å². The van der Waals surface area contributed by atoms with Gasteiger partial charge >= 0.3 is 11.9 Å². The molecule has 6 aromatic carbocycles. The molecule has 1 unspecified atom stereocenters. The van der Waals surface area contributed by atoms with Gasteiger partial charge < -0.3 is 61.9 Å². The van der Waals surface area contributed by atoms with E-state index < -0.39 is 24.1 Å². The molecule has 5 heterocycles. The largest absolute Gasteiger partial charge is 0.497 e. The maximum Gasteiger partial charge on any atom is 0.338 e. The summed E-state index contributed by atoms with van der Waals surface area (Å²) < 4.78 is 76.7. The fraction of sp³-hybridized carbons (Fsp3) is 0.300. The van der Waals surface area contributed by atoms with Gasteiger partial charge in [0.25, 0.3) is 0 Å². The molecule has 1 fully saturated rings. The number of carbonyl (C=O) groups excluding carboxylic acids is 1. The molecule has 1 N–H and O–H groups in total. The zero-order valence-electron chi connectivity index (χ0n) is 44.4. The number of benzene rings is 6. The maximum absolute atomic E-state index is 13.4. The number of rotatable bonds is 12. The summed E-state index contributed by atoms with van der Waals surface area (Å²) in [5.74, 6) is 4.18. The third kappa shape index (κ3) is 11.5. The van der Waals surface area contributed by atoms with E-state index in [9.17, 15) is 14.7 Å². The fourth-order valence-electron chi connectivity index (χ4n) is 9.27. The molecule has 76 heavy (non-hydrogen) atoms. The van der Waals surface area contributed by atoms with E-state index >= 15 is 0 Å². The minimum Gasteiger partial charge on any atom is -0.497 e. The highest BCUT2D eigenvalue weighted by atomic mass is 79.9. The Labute approximate surface area is 451 Å². The molecular formula is C60H59BrO15. The molecule has 0 radical (unpaired) electrons. The molecule has 5 aliphatic heterocycles. The van der Waals surface area contributed by atoms with Crippen LogP contribution in [0.4, 0.5) is 0 Å². The van der Waals surface area contributed by atoms with Crippen LogP contribution in [0.5, 0.6) is 57.5 Å². The molecule has 1 saturated heterocycles. The topological polar surface area (TPSA) is 165 Å². The first kappa shape index (κ1) is 51.7. The second kappa shape index (κ2) is 23.4. The summed E-state index contributed by atoms with van der Waals surface area (Å²) in [7, 11) is 4.46. The highest BCUT2D eigenvalue weighted by molar-refractivity contribution is 9.10. The average Bonchev–Trinajstić information content (AvgIpc) is 4.23. The molecule has 11 rings (SSSR count). The van der Waals surface area contributed by atoms with Gasteiger partial charge in [-0.25, -0.2) is 9.59 Å². The lowest BCUT2D eigenvalue weighted by atomic mass is 9.85. The molecule has 0 spiro atoms. The van der Waals surface area contributed by atoms with Gasteiger partial charge in [0.1, 0.15) is 34.5 Å². The van der Waals surface area contributed by atoms with Crippen molar-refractivity contribution in [3.8, 4) is 57.5 Å². The molecule has 0 aliphatic carbocycles. The smallest absolute Gasteiger partial charge is 0.338 e. The summed E-state index contributed by atoms with van der Waals surface area (Å²) in [6.45, 7) is 11.1. The van der Waals surface area contributed by atoms with E-state index in [1.807, 2.05) is 82.3 Å². The number of carbonyl (C=O) groups is 2. The second-order valence-corrected chi connectivity index (χ2v) is 19.4. The number of methoxy groups -OCH3 is 3. The van der Waals surface area contributed by atoms with Crippen molar-refractivity contribution in [2.75, 3.05) is 41.5 Å². The van der Waals surface area contributed by atoms with E-state index in [1.54, 1.807) is 61.7 Å². The number of carboxylic acids is 1. The van der Waals surface area contributed by atoms with Crippen LogP contribution in [-0.2, 0) is 19.1 Å². The summed E-state index contributed by atoms with van der Waals surface area (Å²) in [6.07, 6.45) is 1.33. The van der Waals surface area contributed by atoms with E-state index in [-0.39, 0.29) is 37.4 Å². The van der Waals surface area contributed by atoms with Crippen molar-refractivity contribution in [2.24, 2.45) is 0 Å². The van der Waals surface area contributed by atoms with Gasteiger partial charge in [-0.05, 0) is 159 Å². The molecule has 396 valence electrons. The van der Waals surface area contributed by atoms with Crippen LogP contribution in [-0.4, -0.2) is 76.9 Å². The summed E-state index contributed by atoms with van der Waals surface area (Å²) in [5, 5.41) is 10.4. The normalized spacial score (nSPS) is 17.7. The Bertz CT molecular complexity index is 3250. The molecule has 16 heteroatoms. The number of fused-ring (bicyclic) bond motifs is 4. The van der Waals surface area contributed by atoms with Crippen LogP contribution >= 0.6 is 15.9 Å². The summed E-state index contributed by atoms with van der Waals surface area (Å²) in [6, 6.07) is 32.5. The van der Waals surface area contributed by atoms with Crippen molar-refractivity contribution in [3.05, 3.63) is 164 Å². The van der Waals surface area contributed by atoms with Gasteiger partial charge in [-0.3, -0.25) is 0 Å². The van der Waals surface area contributed by atoms with Gasteiger partial charge in [0.15, 0.2) is 35.2 Å². The van der Waals surface area contributed by atoms with Gasteiger partial charge in [-0.1, -0.05) is 30.3 Å². The summed E-state index contributed by atoms with van der Waals surface area (Å²) in [4.78, 5) is 26.1. The quantitative estimate of drug-likeness (QED) is 0.115. The minimum absolute atomic E-state index is 0.0171. The van der Waals surface area contributed by atoms with E-state index in [0.717, 1.165) is 27.8 Å². The van der Waals surface area contributed by atoms with Crippen LogP contribution in [0.1, 0.15) is 94.4 Å². The monoisotopic (exact) mass is 1100 g/mol. The lowest BCUT2D eigenvalue weighted by molar-refractivity contribution is -0.137. The number of halogens is 1. The number of carboxylic acid groups (broad SMARTS) is 1. The first-order chi connectivity index (χ1) is 37.1. The van der Waals surface area contributed by atoms with Gasteiger partial charge in [-0.2, -0.15) is 0 Å². The average molecular weight is 1100 g/mol. The van der Waals surface area contributed by atoms with Crippen molar-refractivity contribution in [3.63, 3.8) is 0 Å². The lowest BCUT2D eigenvalue weighted by Gasteiger charge is -2.31. The Balaban J connectivity index is 0.000000169. The van der Waals surface area contributed by atoms with Crippen molar-refractivity contribution in [2.45, 2.75) is 78.0 Å². The molecular weight excluding hydrogens is 1040 g/mol. The molecule has 3 atom stereocenters. The zero-order chi connectivity index (χ0) is 54.5. The number of esters is 1.